The van der Waals surface area contributed by atoms with Crippen molar-refractivity contribution in [2.45, 2.75) is 38.5 Å². The third-order valence-electron chi connectivity index (χ3n) is 5.53. The molecule has 1 saturated heterocycles. The zero-order valence-corrected chi connectivity index (χ0v) is 18.2. The SMILES string of the molecule is COc1ccc(S(=O)(=O)N2CCC[C@H](C(=O)Nc3ccc(C)c(C)c3)C2)cc1C. The molecule has 0 unspecified atom stereocenters. The fourth-order valence-electron chi connectivity index (χ4n) is 3.60. The van der Waals surface area contributed by atoms with E-state index in [4.69, 9.17) is 4.74 Å². The lowest BCUT2D eigenvalue weighted by atomic mass is 9.98. The number of amides is 1. The Morgan fingerprint density at radius 2 is 1.83 bits per heavy atom. The van der Waals surface area contributed by atoms with Gasteiger partial charge < -0.3 is 10.1 Å². The Morgan fingerprint density at radius 1 is 1.07 bits per heavy atom. The Hall–Kier alpha value is -2.38. The van der Waals surface area contributed by atoms with Gasteiger partial charge in [0, 0.05) is 18.8 Å². The molecule has 2 aromatic rings. The molecule has 0 spiro atoms. The number of piperidine rings is 1. The van der Waals surface area contributed by atoms with E-state index in [1.54, 1.807) is 25.3 Å². The monoisotopic (exact) mass is 416 g/mol. The van der Waals surface area contributed by atoms with E-state index in [1.807, 2.05) is 39.0 Å². The van der Waals surface area contributed by atoms with Gasteiger partial charge in [0.2, 0.25) is 15.9 Å². The van der Waals surface area contributed by atoms with Gasteiger partial charge >= 0.3 is 0 Å². The Morgan fingerprint density at radius 3 is 2.48 bits per heavy atom. The van der Waals surface area contributed by atoms with E-state index >= 15 is 0 Å². The molecule has 0 aromatic heterocycles. The van der Waals surface area contributed by atoms with Gasteiger partial charge in [-0.2, -0.15) is 4.31 Å². The number of aryl methyl sites for hydroxylation is 3. The maximum atomic E-state index is 13.1. The van der Waals surface area contributed by atoms with Gasteiger partial charge in [0.05, 0.1) is 17.9 Å². The lowest BCUT2D eigenvalue weighted by molar-refractivity contribution is -0.120. The number of rotatable bonds is 5. The van der Waals surface area contributed by atoms with Crippen LogP contribution in [0, 0.1) is 26.7 Å². The van der Waals surface area contributed by atoms with Crippen molar-refractivity contribution < 1.29 is 17.9 Å². The first kappa shape index (κ1) is 21.3. The number of carbonyl (C=O) groups excluding carboxylic acids is 1. The van der Waals surface area contributed by atoms with Crippen LogP contribution in [0.2, 0.25) is 0 Å². The lowest BCUT2D eigenvalue weighted by Gasteiger charge is -2.31. The molecule has 0 saturated carbocycles. The summed E-state index contributed by atoms with van der Waals surface area (Å²) in [5.74, 6) is 0.131. The summed E-state index contributed by atoms with van der Waals surface area (Å²) in [6.45, 7) is 6.43. The Bertz CT molecular complexity index is 1020. The molecule has 3 rings (SSSR count). The largest absolute Gasteiger partial charge is 0.496 e. The van der Waals surface area contributed by atoms with E-state index in [9.17, 15) is 13.2 Å². The molecule has 1 heterocycles. The third-order valence-corrected chi connectivity index (χ3v) is 7.39. The molecule has 0 aliphatic carbocycles. The van der Waals surface area contributed by atoms with Crippen LogP contribution >= 0.6 is 0 Å². The molecule has 1 atom stereocenters. The van der Waals surface area contributed by atoms with Crippen LogP contribution in [0.3, 0.4) is 0 Å². The molecule has 0 bridgehead atoms. The quantitative estimate of drug-likeness (QED) is 0.807. The summed E-state index contributed by atoms with van der Waals surface area (Å²) in [6, 6.07) is 10.6. The second-order valence-corrected chi connectivity index (χ2v) is 9.56. The molecule has 7 heteroatoms. The summed E-state index contributed by atoms with van der Waals surface area (Å²) in [5.41, 5.74) is 3.76. The van der Waals surface area contributed by atoms with Crippen LogP contribution in [-0.4, -0.2) is 38.8 Å². The summed E-state index contributed by atoms with van der Waals surface area (Å²) < 4.78 is 32.8. The molecule has 156 valence electrons. The van der Waals surface area contributed by atoms with E-state index in [0.717, 1.165) is 22.4 Å². The highest BCUT2D eigenvalue weighted by Gasteiger charge is 2.33. The van der Waals surface area contributed by atoms with Crippen molar-refractivity contribution in [1.82, 2.24) is 4.31 Å². The number of benzene rings is 2. The minimum atomic E-state index is -3.66. The Balaban J connectivity index is 1.74. The predicted molar refractivity (Wildman–Crippen MR) is 114 cm³/mol. The van der Waals surface area contributed by atoms with Crippen molar-refractivity contribution in [2.75, 3.05) is 25.5 Å². The first-order valence-electron chi connectivity index (χ1n) is 9.75. The second-order valence-electron chi connectivity index (χ2n) is 7.62. The summed E-state index contributed by atoms with van der Waals surface area (Å²) >= 11 is 0. The summed E-state index contributed by atoms with van der Waals surface area (Å²) in [6.07, 6.45) is 1.32. The van der Waals surface area contributed by atoms with Gasteiger partial charge in [-0.15, -0.1) is 0 Å². The van der Waals surface area contributed by atoms with E-state index in [-0.39, 0.29) is 23.3 Å². The van der Waals surface area contributed by atoms with Gasteiger partial charge in [-0.3, -0.25) is 4.79 Å². The van der Waals surface area contributed by atoms with Crippen LogP contribution in [0.4, 0.5) is 5.69 Å². The minimum Gasteiger partial charge on any atom is -0.496 e. The average molecular weight is 417 g/mol. The van der Waals surface area contributed by atoms with Gasteiger partial charge in [-0.1, -0.05) is 6.07 Å². The van der Waals surface area contributed by atoms with Crippen LogP contribution in [0.25, 0.3) is 0 Å². The molecule has 6 nitrogen and oxygen atoms in total. The van der Waals surface area contributed by atoms with Crippen LogP contribution in [0.1, 0.15) is 29.5 Å². The Kier molecular flexibility index (Phi) is 6.29. The number of anilines is 1. The van der Waals surface area contributed by atoms with Crippen molar-refractivity contribution in [3.05, 3.63) is 53.1 Å². The van der Waals surface area contributed by atoms with Crippen molar-refractivity contribution >= 4 is 21.6 Å². The average Bonchev–Trinajstić information content (AvgIpc) is 2.70. The summed E-state index contributed by atoms with van der Waals surface area (Å²) in [7, 11) is -2.11. The van der Waals surface area contributed by atoms with E-state index in [0.29, 0.717) is 25.1 Å². The maximum absolute atomic E-state index is 13.1. The fraction of sp³-hybridized carbons (Fsp3) is 0.409. The van der Waals surface area contributed by atoms with Gasteiger partial charge in [-0.25, -0.2) is 8.42 Å². The normalized spacial score (nSPS) is 17.7. The van der Waals surface area contributed by atoms with E-state index < -0.39 is 10.0 Å². The van der Waals surface area contributed by atoms with Crippen LogP contribution in [0.15, 0.2) is 41.3 Å². The molecular weight excluding hydrogens is 388 g/mol. The number of nitrogens with zero attached hydrogens (tertiary/aromatic N) is 1. The zero-order chi connectivity index (χ0) is 21.2. The van der Waals surface area contributed by atoms with Crippen molar-refractivity contribution in [2.24, 2.45) is 5.92 Å². The maximum Gasteiger partial charge on any atom is 0.243 e. The van der Waals surface area contributed by atoms with Crippen molar-refractivity contribution in [3.8, 4) is 5.75 Å². The lowest BCUT2D eigenvalue weighted by Crippen LogP contribution is -2.43. The molecular formula is C22H28N2O4S. The van der Waals surface area contributed by atoms with E-state index in [2.05, 4.69) is 5.32 Å². The zero-order valence-electron chi connectivity index (χ0n) is 17.4. The smallest absolute Gasteiger partial charge is 0.243 e. The summed E-state index contributed by atoms with van der Waals surface area (Å²) in [4.78, 5) is 13.0. The third kappa shape index (κ3) is 4.62. The Labute approximate surface area is 172 Å². The second kappa shape index (κ2) is 8.55. The van der Waals surface area contributed by atoms with Crippen LogP contribution < -0.4 is 10.1 Å². The van der Waals surface area contributed by atoms with E-state index in [1.165, 1.54) is 4.31 Å². The number of nitrogens with one attached hydrogen (secondary N) is 1. The van der Waals surface area contributed by atoms with Crippen molar-refractivity contribution in [1.29, 1.82) is 0 Å². The molecule has 1 fully saturated rings. The van der Waals surface area contributed by atoms with Crippen molar-refractivity contribution in [3.63, 3.8) is 0 Å². The van der Waals surface area contributed by atoms with Gasteiger partial charge in [-0.05, 0) is 80.6 Å². The van der Waals surface area contributed by atoms with Gasteiger partial charge in [0.25, 0.3) is 0 Å². The number of hydrogen-bond donors (Lipinski definition) is 1. The topological polar surface area (TPSA) is 75.7 Å². The highest BCUT2D eigenvalue weighted by molar-refractivity contribution is 7.89. The first-order valence-corrected chi connectivity index (χ1v) is 11.2. The van der Waals surface area contributed by atoms with Crippen LogP contribution in [-0.2, 0) is 14.8 Å². The molecule has 2 aromatic carbocycles. The van der Waals surface area contributed by atoms with Gasteiger partial charge in [0.15, 0.2) is 0 Å². The molecule has 0 radical (unpaired) electrons. The van der Waals surface area contributed by atoms with Gasteiger partial charge in [0.1, 0.15) is 5.75 Å². The number of ether oxygens (including phenoxy) is 1. The van der Waals surface area contributed by atoms with Crippen LogP contribution in [0.5, 0.6) is 5.75 Å². The molecule has 1 N–H and O–H groups in total. The number of carbonyl (C=O) groups is 1. The highest BCUT2D eigenvalue weighted by atomic mass is 32.2. The molecule has 1 amide bonds. The number of hydrogen-bond acceptors (Lipinski definition) is 4. The predicted octanol–water partition coefficient (Wildman–Crippen LogP) is 3.66. The molecule has 1 aliphatic rings. The standard InChI is InChI=1S/C22H28N2O4S/c1-15-7-8-19(12-16(15)2)23-22(25)18-6-5-11-24(14-18)29(26,27)20-9-10-21(28-4)17(3)13-20/h7-10,12-13,18H,5-6,11,14H2,1-4H3,(H,23,25)/t18-/m0/s1. The minimum absolute atomic E-state index is 0.140. The fourth-order valence-corrected chi connectivity index (χ4v) is 5.21. The number of sulfonamides is 1. The highest BCUT2D eigenvalue weighted by Crippen LogP contribution is 2.28. The number of methoxy groups -OCH3 is 1. The first-order chi connectivity index (χ1) is 13.7. The summed E-state index contributed by atoms with van der Waals surface area (Å²) in [5, 5.41) is 2.94. The molecule has 1 aliphatic heterocycles. The molecule has 29 heavy (non-hydrogen) atoms.